The summed E-state index contributed by atoms with van der Waals surface area (Å²) in [6.45, 7) is 1.61. The summed E-state index contributed by atoms with van der Waals surface area (Å²) in [5.41, 5.74) is 4.67. The molecule has 1 amide bonds. The molecule has 1 heterocycles. The van der Waals surface area contributed by atoms with Crippen molar-refractivity contribution in [2.45, 2.75) is 24.3 Å². The molecular weight excluding hydrogens is 348 g/mol. The topological polar surface area (TPSA) is 32.8 Å². The summed E-state index contributed by atoms with van der Waals surface area (Å²) in [7, 11) is 4.01. The van der Waals surface area contributed by atoms with Gasteiger partial charge in [0.15, 0.2) is 0 Å². The molecule has 0 bridgehead atoms. The van der Waals surface area contributed by atoms with Crippen LogP contribution in [0.3, 0.4) is 0 Å². The van der Waals surface area contributed by atoms with Crippen LogP contribution in [0.1, 0.15) is 29.9 Å². The zero-order chi connectivity index (χ0) is 19.7. The summed E-state index contributed by atoms with van der Waals surface area (Å²) < 4.78 is 5.76. The van der Waals surface area contributed by atoms with E-state index in [1.165, 1.54) is 22.3 Å². The van der Waals surface area contributed by atoms with Crippen LogP contribution >= 0.6 is 0 Å². The van der Waals surface area contributed by atoms with E-state index >= 15 is 0 Å². The van der Waals surface area contributed by atoms with Crippen molar-refractivity contribution in [3.63, 3.8) is 0 Å². The summed E-state index contributed by atoms with van der Waals surface area (Å²) in [5.74, 6) is 3.01. The lowest BCUT2D eigenvalue weighted by molar-refractivity contribution is 0.0648. The second-order valence-electron chi connectivity index (χ2n) is 7.86. The second-order valence-corrected chi connectivity index (χ2v) is 7.86. The molecule has 28 heavy (non-hydrogen) atoms. The van der Waals surface area contributed by atoms with Gasteiger partial charge < -0.3 is 9.64 Å². The molecule has 4 heteroatoms. The number of hydrogen-bond acceptors (Lipinski definition) is 3. The average molecular weight is 374 g/mol. The third kappa shape index (κ3) is 3.06. The largest absolute Gasteiger partial charge is 0.448 e. The highest BCUT2D eigenvalue weighted by Gasteiger charge is 2.37. The minimum absolute atomic E-state index is 0.0905. The lowest BCUT2D eigenvalue weighted by Crippen LogP contribution is -2.53. The van der Waals surface area contributed by atoms with Crippen molar-refractivity contribution in [1.29, 1.82) is 0 Å². The average Bonchev–Trinajstić information content (AvgIpc) is 3.06. The van der Waals surface area contributed by atoms with Gasteiger partial charge in [0, 0.05) is 19.0 Å². The summed E-state index contributed by atoms with van der Waals surface area (Å²) in [4.78, 5) is 16.6. The highest BCUT2D eigenvalue weighted by Crippen LogP contribution is 2.44. The molecular formula is C24H26N2O2. The minimum atomic E-state index is -0.264. The Hall–Kier alpha value is -2.77. The fourth-order valence-electron chi connectivity index (χ4n) is 4.47. The number of nitrogens with zero attached hydrogens (tertiary/aromatic N) is 2. The number of terminal acetylenes is 1. The van der Waals surface area contributed by atoms with Gasteiger partial charge in [-0.1, -0.05) is 54.5 Å². The third-order valence-electron chi connectivity index (χ3n) is 6.31. The molecule has 0 aromatic heterocycles. The van der Waals surface area contributed by atoms with E-state index in [-0.39, 0.29) is 17.6 Å². The van der Waals surface area contributed by atoms with Crippen LogP contribution in [0.4, 0.5) is 4.79 Å². The molecule has 0 radical (unpaired) electrons. The first-order valence-electron chi connectivity index (χ1n) is 9.81. The Morgan fingerprint density at radius 1 is 1.11 bits per heavy atom. The van der Waals surface area contributed by atoms with Crippen LogP contribution in [0.25, 0.3) is 11.1 Å². The number of carbonyl (C=O) groups excluding carboxylic acids is 1. The van der Waals surface area contributed by atoms with Crippen LogP contribution in [-0.4, -0.2) is 55.2 Å². The molecule has 1 saturated heterocycles. The van der Waals surface area contributed by atoms with E-state index in [1.54, 1.807) is 4.90 Å². The molecule has 0 N–H and O–H groups in total. The first-order chi connectivity index (χ1) is 13.6. The number of carbonyl (C=O) groups is 1. The molecule has 2 aromatic carbocycles. The Balaban J connectivity index is 1.43. The fourth-order valence-corrected chi connectivity index (χ4v) is 4.47. The van der Waals surface area contributed by atoms with Crippen molar-refractivity contribution in [3.8, 4) is 23.5 Å². The zero-order valence-electron chi connectivity index (χ0n) is 16.5. The van der Waals surface area contributed by atoms with E-state index in [1.807, 2.05) is 26.2 Å². The van der Waals surface area contributed by atoms with E-state index in [4.69, 9.17) is 11.2 Å². The number of hydrogen-bond donors (Lipinski definition) is 0. The smallest absolute Gasteiger partial charge is 0.409 e. The normalized spacial score (nSPS) is 17.7. The fraction of sp³-hybridized carbons (Fsp3) is 0.375. The molecule has 0 unspecified atom stereocenters. The summed E-state index contributed by atoms with van der Waals surface area (Å²) in [6, 6.07) is 16.7. The lowest BCUT2D eigenvalue weighted by Gasteiger charge is -2.42. The van der Waals surface area contributed by atoms with E-state index in [9.17, 15) is 4.79 Å². The number of benzene rings is 2. The van der Waals surface area contributed by atoms with Gasteiger partial charge in [-0.3, -0.25) is 4.90 Å². The van der Waals surface area contributed by atoms with Gasteiger partial charge in [-0.2, -0.15) is 0 Å². The van der Waals surface area contributed by atoms with Gasteiger partial charge >= 0.3 is 6.09 Å². The van der Waals surface area contributed by atoms with Crippen molar-refractivity contribution >= 4 is 6.09 Å². The number of rotatable bonds is 3. The summed E-state index contributed by atoms with van der Waals surface area (Å²) in [5, 5.41) is 0. The van der Waals surface area contributed by atoms with Gasteiger partial charge in [-0.25, -0.2) is 4.79 Å². The molecule has 4 rings (SSSR count). The van der Waals surface area contributed by atoms with Crippen LogP contribution in [0.15, 0.2) is 48.5 Å². The highest BCUT2D eigenvalue weighted by atomic mass is 16.6. The van der Waals surface area contributed by atoms with Crippen molar-refractivity contribution in [2.75, 3.05) is 33.8 Å². The van der Waals surface area contributed by atoms with Gasteiger partial charge in [-0.15, -0.1) is 6.42 Å². The summed E-state index contributed by atoms with van der Waals surface area (Å²) >= 11 is 0. The van der Waals surface area contributed by atoms with E-state index < -0.39 is 0 Å². The molecule has 1 aliphatic carbocycles. The third-order valence-corrected chi connectivity index (χ3v) is 6.31. The Morgan fingerprint density at radius 3 is 2.14 bits per heavy atom. The Labute approximate surface area is 167 Å². The molecule has 2 aromatic rings. The number of piperidine rings is 1. The Morgan fingerprint density at radius 2 is 1.64 bits per heavy atom. The van der Waals surface area contributed by atoms with Crippen LogP contribution in [0.5, 0.6) is 0 Å². The van der Waals surface area contributed by atoms with Crippen LogP contribution in [0, 0.1) is 12.3 Å². The van der Waals surface area contributed by atoms with Gasteiger partial charge in [0.25, 0.3) is 0 Å². The van der Waals surface area contributed by atoms with Crippen LogP contribution in [-0.2, 0) is 4.74 Å². The standard InChI is InChI=1S/C24H26N2O2/c1-4-24(25(2)3)13-15-26(16-14-24)23(27)28-17-22-20-11-7-5-9-18(20)19-10-6-8-12-21(19)22/h1,5-12,22H,13-17H2,2-3H3. The van der Waals surface area contributed by atoms with Crippen molar-refractivity contribution in [2.24, 2.45) is 0 Å². The maximum absolute atomic E-state index is 12.7. The van der Waals surface area contributed by atoms with Gasteiger partial charge in [0.1, 0.15) is 6.61 Å². The monoisotopic (exact) mass is 374 g/mol. The molecule has 2 aliphatic rings. The molecule has 0 spiro atoms. The Kier molecular flexibility index (Phi) is 4.87. The number of amides is 1. The predicted octanol–water partition coefficient (Wildman–Crippen LogP) is 3.96. The maximum atomic E-state index is 12.7. The second kappa shape index (κ2) is 7.33. The Bertz CT molecular complexity index is 875. The maximum Gasteiger partial charge on any atom is 0.409 e. The molecule has 0 saturated carbocycles. The van der Waals surface area contributed by atoms with Crippen molar-refractivity contribution < 1.29 is 9.53 Å². The van der Waals surface area contributed by atoms with E-state index in [2.05, 4.69) is 47.2 Å². The van der Waals surface area contributed by atoms with Crippen molar-refractivity contribution in [3.05, 3.63) is 59.7 Å². The number of fused-ring (bicyclic) bond motifs is 3. The number of likely N-dealkylation sites (tertiary alicyclic amines) is 1. The quantitative estimate of drug-likeness (QED) is 0.763. The zero-order valence-corrected chi connectivity index (χ0v) is 16.5. The molecule has 1 fully saturated rings. The van der Waals surface area contributed by atoms with Gasteiger partial charge in [-0.05, 0) is 49.2 Å². The molecule has 144 valence electrons. The molecule has 0 atom stereocenters. The minimum Gasteiger partial charge on any atom is -0.448 e. The first kappa shape index (κ1) is 18.6. The van der Waals surface area contributed by atoms with E-state index in [0.29, 0.717) is 19.7 Å². The SMILES string of the molecule is C#CC1(N(C)C)CCN(C(=O)OCC2c3ccccc3-c3ccccc32)CC1. The lowest BCUT2D eigenvalue weighted by atomic mass is 9.87. The summed E-state index contributed by atoms with van der Waals surface area (Å²) in [6.07, 6.45) is 7.05. The van der Waals surface area contributed by atoms with Gasteiger partial charge in [0.2, 0.25) is 0 Å². The first-order valence-corrected chi connectivity index (χ1v) is 9.81. The van der Waals surface area contributed by atoms with Gasteiger partial charge in [0.05, 0.1) is 5.54 Å². The van der Waals surface area contributed by atoms with Crippen LogP contribution in [0.2, 0.25) is 0 Å². The molecule has 1 aliphatic heterocycles. The molecule has 4 nitrogen and oxygen atoms in total. The van der Waals surface area contributed by atoms with Crippen LogP contribution < -0.4 is 0 Å². The number of ether oxygens (including phenoxy) is 1. The predicted molar refractivity (Wildman–Crippen MR) is 111 cm³/mol. The van der Waals surface area contributed by atoms with Crippen molar-refractivity contribution in [1.82, 2.24) is 9.80 Å². The highest BCUT2D eigenvalue weighted by molar-refractivity contribution is 5.79. The van der Waals surface area contributed by atoms with E-state index in [0.717, 1.165) is 12.8 Å².